The van der Waals surface area contributed by atoms with Crippen LogP contribution in [0.15, 0.2) is 23.1 Å². The van der Waals surface area contributed by atoms with Crippen molar-refractivity contribution in [3.63, 3.8) is 0 Å². The molecule has 6 nitrogen and oxygen atoms in total. The summed E-state index contributed by atoms with van der Waals surface area (Å²) in [6.45, 7) is 5.53. The van der Waals surface area contributed by atoms with Crippen molar-refractivity contribution >= 4 is 39.2 Å². The second kappa shape index (κ2) is 8.01. The Labute approximate surface area is 152 Å². The third-order valence-electron chi connectivity index (χ3n) is 3.70. The van der Waals surface area contributed by atoms with Gasteiger partial charge in [-0.05, 0) is 32.0 Å². The molecule has 0 aromatic heterocycles. The summed E-state index contributed by atoms with van der Waals surface area (Å²) >= 11 is 11.9. The molecule has 134 valence electrons. The van der Waals surface area contributed by atoms with Gasteiger partial charge in [-0.3, -0.25) is 0 Å². The van der Waals surface area contributed by atoms with Crippen LogP contribution in [0.2, 0.25) is 10.0 Å². The van der Waals surface area contributed by atoms with Gasteiger partial charge in [0.15, 0.2) is 6.54 Å². The highest BCUT2D eigenvalue weighted by Gasteiger charge is 2.32. The van der Waals surface area contributed by atoms with E-state index >= 15 is 0 Å². The maximum Gasteiger partial charge on any atom is 0.361 e. The molecule has 0 atom stereocenters. The van der Waals surface area contributed by atoms with Gasteiger partial charge in [-0.2, -0.15) is 4.31 Å². The molecule has 2 rings (SSSR count). The monoisotopic (exact) mass is 395 g/mol. The van der Waals surface area contributed by atoms with Crippen LogP contribution < -0.4 is 4.90 Å². The van der Waals surface area contributed by atoms with E-state index in [2.05, 4.69) is 0 Å². The predicted octanol–water partition coefficient (Wildman–Crippen LogP) is 0.834. The number of benzene rings is 1. The average molecular weight is 396 g/mol. The molecule has 0 radical (unpaired) electrons. The van der Waals surface area contributed by atoms with E-state index in [1.54, 1.807) is 19.9 Å². The van der Waals surface area contributed by atoms with E-state index in [1.807, 2.05) is 0 Å². The summed E-state index contributed by atoms with van der Waals surface area (Å²) in [5, 5.41) is 0.466. The Morgan fingerprint density at radius 2 is 1.92 bits per heavy atom. The van der Waals surface area contributed by atoms with Gasteiger partial charge in [0.1, 0.15) is 4.90 Å². The summed E-state index contributed by atoms with van der Waals surface area (Å²) in [4.78, 5) is 12.7. The molecule has 9 heteroatoms. The third-order valence-corrected chi connectivity index (χ3v) is 6.32. The molecule has 0 saturated carbocycles. The minimum absolute atomic E-state index is 0.0133. The zero-order chi connectivity index (χ0) is 17.9. The molecule has 0 spiro atoms. The van der Waals surface area contributed by atoms with Gasteiger partial charge in [0, 0.05) is 5.02 Å². The van der Waals surface area contributed by atoms with E-state index in [1.165, 1.54) is 16.4 Å². The van der Waals surface area contributed by atoms with Gasteiger partial charge < -0.3 is 9.64 Å². The summed E-state index contributed by atoms with van der Waals surface area (Å²) in [6.07, 6.45) is -0.150. The first-order valence-electron chi connectivity index (χ1n) is 7.68. The molecule has 1 N–H and O–H groups in total. The Hall–Kier alpha value is -0.860. The Morgan fingerprint density at radius 3 is 2.50 bits per heavy atom. The van der Waals surface area contributed by atoms with Crippen molar-refractivity contribution in [1.82, 2.24) is 4.31 Å². The fourth-order valence-corrected chi connectivity index (χ4v) is 4.72. The number of hydrogen-bond acceptors (Lipinski definition) is 4. The SMILES string of the molecule is CC(C)OC(=O)C[NH+]1CCN(S(=O)(=O)c2cc(Cl)ccc2Cl)CC1. The van der Waals surface area contributed by atoms with Gasteiger partial charge in [-0.25, -0.2) is 13.2 Å². The number of nitrogens with one attached hydrogen (secondary N) is 1. The lowest BCUT2D eigenvalue weighted by molar-refractivity contribution is -0.896. The van der Waals surface area contributed by atoms with Crippen molar-refractivity contribution in [1.29, 1.82) is 0 Å². The number of hydrogen-bond donors (Lipinski definition) is 1. The molecule has 1 fully saturated rings. The van der Waals surface area contributed by atoms with Crippen LogP contribution in [-0.2, 0) is 19.6 Å². The van der Waals surface area contributed by atoms with Crippen molar-refractivity contribution in [3.8, 4) is 0 Å². The number of piperazine rings is 1. The first kappa shape index (κ1) is 19.5. The molecule has 1 aliphatic rings. The molecule has 0 aliphatic carbocycles. The first-order chi connectivity index (χ1) is 11.2. The van der Waals surface area contributed by atoms with Gasteiger partial charge >= 0.3 is 5.97 Å². The van der Waals surface area contributed by atoms with Crippen LogP contribution >= 0.6 is 23.2 Å². The minimum Gasteiger partial charge on any atom is -0.459 e. The summed E-state index contributed by atoms with van der Waals surface area (Å²) in [5.74, 6) is -0.269. The highest BCUT2D eigenvalue weighted by molar-refractivity contribution is 7.89. The van der Waals surface area contributed by atoms with Gasteiger partial charge in [0.05, 0.1) is 37.3 Å². The first-order valence-corrected chi connectivity index (χ1v) is 9.88. The fraction of sp³-hybridized carbons (Fsp3) is 0.533. The summed E-state index contributed by atoms with van der Waals surface area (Å²) in [5.41, 5.74) is 0. The molecule has 0 unspecified atom stereocenters. The maximum atomic E-state index is 12.7. The largest absolute Gasteiger partial charge is 0.459 e. The van der Waals surface area contributed by atoms with Crippen LogP contribution in [0.25, 0.3) is 0 Å². The quantitative estimate of drug-likeness (QED) is 0.749. The number of ether oxygens (including phenoxy) is 1. The molecular weight excluding hydrogens is 375 g/mol. The molecule has 0 bridgehead atoms. The number of carbonyl (C=O) groups excluding carboxylic acids is 1. The van der Waals surface area contributed by atoms with E-state index in [4.69, 9.17) is 27.9 Å². The number of esters is 1. The van der Waals surface area contributed by atoms with Gasteiger partial charge in [0.25, 0.3) is 0 Å². The molecule has 24 heavy (non-hydrogen) atoms. The lowest BCUT2D eigenvalue weighted by Crippen LogP contribution is -3.15. The Morgan fingerprint density at radius 1 is 1.29 bits per heavy atom. The van der Waals surface area contributed by atoms with Crippen molar-refractivity contribution in [2.75, 3.05) is 32.7 Å². The second-order valence-electron chi connectivity index (χ2n) is 5.94. The van der Waals surface area contributed by atoms with Crippen LogP contribution in [0, 0.1) is 0 Å². The van der Waals surface area contributed by atoms with Crippen molar-refractivity contribution < 1.29 is 22.8 Å². The number of rotatable bonds is 5. The number of carbonyl (C=O) groups is 1. The lowest BCUT2D eigenvalue weighted by atomic mass is 10.3. The van der Waals surface area contributed by atoms with Crippen LogP contribution in [0.4, 0.5) is 0 Å². The van der Waals surface area contributed by atoms with Gasteiger partial charge in [-0.15, -0.1) is 0 Å². The van der Waals surface area contributed by atoms with Crippen LogP contribution in [0.3, 0.4) is 0 Å². The van der Waals surface area contributed by atoms with E-state index in [-0.39, 0.29) is 28.5 Å². The van der Waals surface area contributed by atoms with E-state index in [0.717, 1.165) is 4.90 Å². The lowest BCUT2D eigenvalue weighted by Gasteiger charge is -2.31. The predicted molar refractivity (Wildman–Crippen MR) is 92.0 cm³/mol. The van der Waals surface area contributed by atoms with Crippen LogP contribution in [-0.4, -0.2) is 57.5 Å². The van der Waals surface area contributed by atoms with E-state index in [0.29, 0.717) is 31.2 Å². The number of halogens is 2. The normalized spacial score (nSPS) is 17.2. The zero-order valence-electron chi connectivity index (χ0n) is 13.6. The van der Waals surface area contributed by atoms with Gasteiger partial charge in [-0.1, -0.05) is 23.2 Å². The number of sulfonamides is 1. The zero-order valence-corrected chi connectivity index (χ0v) is 15.9. The summed E-state index contributed by atoms with van der Waals surface area (Å²) in [7, 11) is -3.70. The van der Waals surface area contributed by atoms with Crippen molar-refractivity contribution in [3.05, 3.63) is 28.2 Å². The van der Waals surface area contributed by atoms with E-state index in [9.17, 15) is 13.2 Å². The summed E-state index contributed by atoms with van der Waals surface area (Å²) in [6, 6.07) is 4.38. The highest BCUT2D eigenvalue weighted by atomic mass is 35.5. The molecule has 1 aromatic rings. The summed E-state index contributed by atoms with van der Waals surface area (Å²) < 4.78 is 31.9. The molecular formula is C15H21Cl2N2O4S+. The molecule has 1 aromatic carbocycles. The maximum absolute atomic E-state index is 12.7. The third kappa shape index (κ3) is 4.83. The molecule has 1 saturated heterocycles. The molecule has 0 amide bonds. The number of nitrogens with zero attached hydrogens (tertiary/aromatic N) is 1. The van der Waals surface area contributed by atoms with Crippen LogP contribution in [0.1, 0.15) is 13.8 Å². The Balaban J connectivity index is 2.01. The van der Waals surface area contributed by atoms with Crippen molar-refractivity contribution in [2.24, 2.45) is 0 Å². The second-order valence-corrected chi connectivity index (χ2v) is 8.69. The highest BCUT2D eigenvalue weighted by Crippen LogP contribution is 2.27. The fourth-order valence-electron chi connectivity index (χ4n) is 2.54. The van der Waals surface area contributed by atoms with E-state index < -0.39 is 10.0 Å². The topological polar surface area (TPSA) is 68.1 Å². The average Bonchev–Trinajstić information content (AvgIpc) is 2.49. The van der Waals surface area contributed by atoms with Crippen molar-refractivity contribution in [2.45, 2.75) is 24.8 Å². The number of quaternary nitrogens is 1. The Bertz CT molecular complexity index is 701. The standard InChI is InChI=1S/C15H20Cl2N2O4S/c1-11(2)23-15(20)10-18-5-7-19(8-6-18)24(21,22)14-9-12(16)3-4-13(14)17/h3-4,9,11H,5-8,10H2,1-2H3/p+1. The smallest absolute Gasteiger partial charge is 0.361 e. The van der Waals surface area contributed by atoms with Gasteiger partial charge in [0.2, 0.25) is 10.0 Å². The van der Waals surface area contributed by atoms with Crippen LogP contribution in [0.5, 0.6) is 0 Å². The minimum atomic E-state index is -3.70. The molecule has 1 heterocycles. The Kier molecular flexibility index (Phi) is 6.50. The molecule has 1 aliphatic heterocycles.